The Balaban J connectivity index is 0.000000126. The number of amides is 3. The number of hydrogen-bond acceptors (Lipinski definition) is 13. The first kappa shape index (κ1) is 101. The molecule has 0 saturated heterocycles. The lowest BCUT2D eigenvalue weighted by molar-refractivity contribution is -0.119. The molecule has 1 aliphatic heterocycles. The second kappa shape index (κ2) is 39.4. The van der Waals surface area contributed by atoms with E-state index in [9.17, 15) is 29.1 Å². The van der Waals surface area contributed by atoms with E-state index in [0.29, 0.717) is 139 Å². The smallest absolute Gasteiger partial charge is 0.261 e. The van der Waals surface area contributed by atoms with Crippen molar-refractivity contribution in [2.45, 2.75) is 349 Å². The van der Waals surface area contributed by atoms with Crippen LogP contribution in [0.1, 0.15) is 258 Å². The van der Waals surface area contributed by atoms with Crippen molar-refractivity contribution in [3.63, 3.8) is 0 Å². The van der Waals surface area contributed by atoms with Crippen LogP contribution in [-0.2, 0) is 27.3 Å². The van der Waals surface area contributed by atoms with Gasteiger partial charge in [-0.3, -0.25) is 29.1 Å². The van der Waals surface area contributed by atoms with Gasteiger partial charge in [0, 0.05) is 78.1 Å². The average Bonchev–Trinajstić information content (AvgIpc) is 1.54. The second-order valence-electron chi connectivity index (χ2n) is 48.7. The molecular formula is C109H170N4O11Si4. The Kier molecular flexibility index (Phi) is 31.0. The topological polar surface area (TPSA) is 217 Å². The van der Waals surface area contributed by atoms with Gasteiger partial charge >= 0.3 is 0 Å². The number of Topliss-reactive ketones (excluding diaryl/α,β-unsaturated/α-hetero) is 1. The predicted octanol–water partition coefficient (Wildman–Crippen LogP) is 24.1. The molecule has 32 atom stereocenters. The number of rotatable bonds is 19. The zero-order valence-electron chi connectivity index (χ0n) is 83.7. The molecule has 5 N–H and O–H groups in total. The zero-order chi connectivity index (χ0) is 93.4. The fourth-order valence-corrected chi connectivity index (χ4v) is 30.3. The number of imide groups is 1. The molecule has 19 heteroatoms. The maximum absolute atomic E-state index is 12.6. The van der Waals surface area contributed by atoms with Gasteiger partial charge < -0.3 is 43.8 Å². The summed E-state index contributed by atoms with van der Waals surface area (Å²) in [5.74, 6) is 18.3. The van der Waals surface area contributed by atoms with E-state index >= 15 is 0 Å². The SMILES string of the molecule is CC(=O)C1[C@H]2CC(O[Si](C)(C)C(C)(C)C)C[C@@H]12.CC(C)(C)[Si](C)(C)OC1C[C@@H]2C(C=O)[C@@H]2C1.CC(C)(C)[Si](C)(C)OC1C[C@@H]2C(CO)[C@@H]2C1.CC=CC1[C@H]2CC(N)C[C@@H]12.CC=CC1[C@H]2CC(N3C(=O)c4ccccc4C3=O)C[C@@H]12.CC=CC1[C@H]2CC(NC(=O)c3cccc4ncccc34)C[C@@H]12.CC=CC1[C@H]2CC(O)C[C@@H]12.CC=CC1[C@H]2CC(O[Si](C)(C)C(C)(C)C)C[C@@H]12. The molecule has 0 bridgehead atoms. The number of carbonyl (C=O) groups is 5. The molecule has 16 fully saturated rings. The van der Waals surface area contributed by atoms with Crippen LogP contribution >= 0.6 is 0 Å². The fourth-order valence-electron chi connectivity index (χ4n) is 24.8. The minimum Gasteiger partial charge on any atom is -0.414 e. The van der Waals surface area contributed by atoms with Crippen LogP contribution in [0, 0.1) is 142 Å². The first-order chi connectivity index (χ1) is 60.1. The molecule has 0 radical (unpaired) electrons. The van der Waals surface area contributed by atoms with Gasteiger partial charge in [0.1, 0.15) is 12.1 Å². The number of hydrogen-bond donors (Lipinski definition) is 4. The third-order valence-electron chi connectivity index (χ3n) is 36.3. The molecule has 15 nitrogen and oxygen atoms in total. The number of aldehydes is 1. The quantitative estimate of drug-likeness (QED) is 0.0381. The van der Waals surface area contributed by atoms with Gasteiger partial charge in [-0.05, 0) is 377 Å². The van der Waals surface area contributed by atoms with E-state index in [1.807, 2.05) is 42.5 Å². The van der Waals surface area contributed by atoms with Crippen LogP contribution in [0.4, 0.5) is 0 Å². The van der Waals surface area contributed by atoms with Crippen LogP contribution in [-0.4, -0.2) is 138 Å². The molecule has 16 aliphatic carbocycles. The largest absolute Gasteiger partial charge is 0.414 e. The van der Waals surface area contributed by atoms with Gasteiger partial charge in [0.2, 0.25) is 0 Å². The highest BCUT2D eigenvalue weighted by Gasteiger charge is 2.64. The first-order valence-corrected chi connectivity index (χ1v) is 62.2. The van der Waals surface area contributed by atoms with Gasteiger partial charge in [-0.2, -0.15) is 0 Å². The summed E-state index contributed by atoms with van der Waals surface area (Å²) >= 11 is 0. The average molecular weight is 1820 g/mol. The van der Waals surface area contributed by atoms with Crippen LogP contribution in [0.3, 0.4) is 0 Å². The van der Waals surface area contributed by atoms with Crippen molar-refractivity contribution in [2.24, 2.45) is 148 Å². The number of nitrogens with one attached hydrogen (secondary N) is 1. The Labute approximate surface area is 777 Å². The maximum Gasteiger partial charge on any atom is 0.261 e. The Morgan fingerprint density at radius 1 is 0.445 bits per heavy atom. The number of carbonyl (C=O) groups excluding carboxylic acids is 5. The molecule has 128 heavy (non-hydrogen) atoms. The minimum atomic E-state index is -1.61. The predicted molar refractivity (Wildman–Crippen MR) is 532 cm³/mol. The van der Waals surface area contributed by atoms with E-state index < -0.39 is 33.3 Å². The number of benzene rings is 2. The first-order valence-electron chi connectivity index (χ1n) is 50.5. The molecule has 17 aliphatic rings. The number of nitrogens with two attached hydrogens (primary N) is 1. The summed E-state index contributed by atoms with van der Waals surface area (Å²) in [6.07, 6.45) is 45.7. The fraction of sp³-hybridized carbons (Fsp3) is 0.725. The molecule has 708 valence electrons. The van der Waals surface area contributed by atoms with E-state index in [1.165, 1.54) is 43.4 Å². The molecule has 3 amide bonds. The highest BCUT2D eigenvalue weighted by molar-refractivity contribution is 6.75. The monoisotopic (exact) mass is 1820 g/mol. The number of aliphatic hydroxyl groups excluding tert-OH is 2. The van der Waals surface area contributed by atoms with Gasteiger partial charge in [0.15, 0.2) is 33.3 Å². The van der Waals surface area contributed by atoms with Crippen LogP contribution in [0.2, 0.25) is 72.5 Å². The van der Waals surface area contributed by atoms with Gasteiger partial charge in [-0.25, -0.2) is 0 Å². The maximum atomic E-state index is 12.6. The molecule has 2 aromatic carbocycles. The minimum absolute atomic E-state index is 0.0245. The van der Waals surface area contributed by atoms with E-state index in [2.05, 4.69) is 241 Å². The normalized spacial score (nSPS) is 38.1. The molecule has 20 rings (SSSR count). The third-order valence-corrected chi connectivity index (χ3v) is 54.5. The lowest BCUT2D eigenvalue weighted by atomic mass is 10.0. The van der Waals surface area contributed by atoms with Gasteiger partial charge in [-0.1, -0.05) is 168 Å². The van der Waals surface area contributed by atoms with Gasteiger partial charge in [0.05, 0.1) is 22.7 Å². The molecule has 2 heterocycles. The number of aromatic nitrogens is 1. The Morgan fingerprint density at radius 3 is 1.12 bits per heavy atom. The summed E-state index contributed by atoms with van der Waals surface area (Å²) in [7, 11) is -6.32. The van der Waals surface area contributed by atoms with Gasteiger partial charge in [-0.15, -0.1) is 0 Å². The van der Waals surface area contributed by atoms with Crippen molar-refractivity contribution in [1.29, 1.82) is 0 Å². The van der Waals surface area contributed by atoms with Crippen molar-refractivity contribution in [2.75, 3.05) is 6.61 Å². The van der Waals surface area contributed by atoms with E-state index in [4.69, 9.17) is 28.5 Å². The highest BCUT2D eigenvalue weighted by atomic mass is 28.4. The molecule has 16 saturated carbocycles. The van der Waals surface area contributed by atoms with Crippen molar-refractivity contribution >= 4 is 74.0 Å². The van der Waals surface area contributed by atoms with Crippen LogP contribution in [0.15, 0.2) is 122 Å². The summed E-state index contributed by atoms with van der Waals surface area (Å²) in [5, 5.41) is 23.7. The number of fused-ring (bicyclic) bond motifs is 10. The van der Waals surface area contributed by atoms with Crippen molar-refractivity contribution < 1.29 is 51.9 Å². The Bertz CT molecular complexity index is 4370. The van der Waals surface area contributed by atoms with Crippen molar-refractivity contribution in [1.82, 2.24) is 15.2 Å². The second-order valence-corrected chi connectivity index (χ2v) is 67.8. The number of allylic oxidation sites excluding steroid dienone is 10. The number of aliphatic hydroxyl groups is 2. The van der Waals surface area contributed by atoms with E-state index in [0.717, 1.165) is 170 Å². The summed E-state index contributed by atoms with van der Waals surface area (Å²) in [6.45, 7) is 58.9. The summed E-state index contributed by atoms with van der Waals surface area (Å²) in [4.78, 5) is 65.3. The Hall–Kier alpha value is -4.91. The third kappa shape index (κ3) is 22.6. The summed E-state index contributed by atoms with van der Waals surface area (Å²) in [5.41, 5.74) is 8.54. The number of pyridine rings is 1. The van der Waals surface area contributed by atoms with Gasteiger partial charge in [0.25, 0.3) is 17.7 Å². The lowest BCUT2D eigenvalue weighted by Gasteiger charge is -2.39. The Morgan fingerprint density at radius 2 is 0.773 bits per heavy atom. The number of ketones is 1. The lowest BCUT2D eigenvalue weighted by Crippen LogP contribution is -2.43. The molecule has 0 spiro atoms. The molecule has 1 aromatic heterocycles. The molecule has 3 aromatic rings. The van der Waals surface area contributed by atoms with Crippen LogP contribution in [0.25, 0.3) is 10.9 Å². The van der Waals surface area contributed by atoms with E-state index in [-0.39, 0.29) is 29.9 Å². The standard InChI is InChI=1S/C19H20N2O.C17H17NO2.C15H28OSi.C14H26O2Si.C13H26O2Si.C13H24O2Si.C9H15N.C9H14O/c1-2-5-13-16-10-12(11-17(13)16)21-19(22)15-6-3-8-18-14(15)7-4-9-20-18;1-2-5-11-14-8-10(9-15(11)14)18-16(19)12-6-3-4-7-13(12)17(18)20;1-7-8-12-13-9-11(10-14(12)13)16-17(5,6)15(2,3)4;1-9(15)13-11-7-10(8-12(11)13)16-17(5,6)14(2,3)4;2*1-13(2,3)16(4,5)15-9-6-10-11(7-9)12(10)8-14;2*1-2-3-7-8-4-6(10)5-9(7)8/h2-9,12-13,16-17H,10-11H2,1H3,(H,21,22);2-7,10-11,14-15H,8-9H2,1H3;7-8,11-14H,9-10H2,1-6H3;10-13H,7-8H2,1-6H3;9-12,14H,6-8H2,1-5H3;8-12H,6-7H2,1-5H3;2-3,6-9H,4-5,10H2,1H3;2-3,6-10H,4-5H2,1H3/t12?,13?,16-,17+;10?,11?,14-,15+;11?,12?,13-,14+;10?,11-,12+,13?;2*9?,10-,11+,12?;2*6?,7?,8-,9+. The number of nitrogens with zero attached hydrogens (tertiary/aromatic N) is 2. The highest BCUT2D eigenvalue weighted by Crippen LogP contribution is 2.65. The molecule has 16 unspecified atom stereocenters. The summed E-state index contributed by atoms with van der Waals surface area (Å²) in [6, 6.07) is 17.7. The van der Waals surface area contributed by atoms with Crippen molar-refractivity contribution in [3.8, 4) is 0 Å². The van der Waals surface area contributed by atoms with Crippen LogP contribution in [0.5, 0.6) is 0 Å². The van der Waals surface area contributed by atoms with E-state index in [1.54, 1.807) is 25.3 Å². The van der Waals surface area contributed by atoms with Crippen LogP contribution < -0.4 is 11.1 Å². The zero-order valence-corrected chi connectivity index (χ0v) is 87.7. The summed E-state index contributed by atoms with van der Waals surface area (Å²) < 4.78 is 25.7. The molecular weight excluding hydrogens is 1650 g/mol. The van der Waals surface area contributed by atoms with Crippen molar-refractivity contribution in [3.05, 3.63) is 138 Å².